The second kappa shape index (κ2) is 9.56. The summed E-state index contributed by atoms with van der Waals surface area (Å²) >= 11 is 7.80. The number of carbonyl (C=O) groups is 1. The zero-order chi connectivity index (χ0) is 26.5. The normalized spacial score (nSPS) is 12.8. The van der Waals surface area contributed by atoms with Crippen LogP contribution in [0, 0.1) is 13.8 Å². The molecule has 0 radical (unpaired) electrons. The molecule has 3 aromatic heterocycles. The first-order chi connectivity index (χ1) is 17.6. The average molecular weight is 534 g/mol. The number of halogens is 1. The smallest absolute Gasteiger partial charge is 0.339 e. The largest absolute Gasteiger partial charge is 0.467 e. The van der Waals surface area contributed by atoms with Crippen molar-refractivity contribution in [1.82, 2.24) is 15.0 Å². The van der Waals surface area contributed by atoms with Gasteiger partial charge in [-0.15, -0.1) is 11.3 Å². The summed E-state index contributed by atoms with van der Waals surface area (Å²) in [5.74, 6) is -0.449. The van der Waals surface area contributed by atoms with Gasteiger partial charge in [-0.25, -0.2) is 14.8 Å². The van der Waals surface area contributed by atoms with Crippen molar-refractivity contribution in [2.45, 2.75) is 46.3 Å². The Morgan fingerprint density at radius 2 is 1.81 bits per heavy atom. The number of esters is 1. The van der Waals surface area contributed by atoms with Crippen LogP contribution < -0.4 is 0 Å². The van der Waals surface area contributed by atoms with Crippen LogP contribution in [0.5, 0.6) is 0 Å². The number of nitrogens with zero attached hydrogens (tertiary/aromatic N) is 2. The van der Waals surface area contributed by atoms with Crippen LogP contribution in [0.15, 0.2) is 48.8 Å². The van der Waals surface area contributed by atoms with Crippen molar-refractivity contribution < 1.29 is 14.3 Å². The van der Waals surface area contributed by atoms with Gasteiger partial charge in [-0.1, -0.05) is 23.7 Å². The van der Waals surface area contributed by atoms with E-state index >= 15 is 0 Å². The molecule has 1 N–H and O–H groups in total. The van der Waals surface area contributed by atoms with Gasteiger partial charge in [-0.2, -0.15) is 0 Å². The third-order valence-corrected chi connectivity index (χ3v) is 7.58. The number of thiazole rings is 1. The number of pyridine rings is 1. The molecule has 0 bridgehead atoms. The van der Waals surface area contributed by atoms with E-state index in [1.165, 1.54) is 7.11 Å². The predicted molar refractivity (Wildman–Crippen MR) is 150 cm³/mol. The van der Waals surface area contributed by atoms with Crippen molar-refractivity contribution in [3.8, 4) is 21.7 Å². The fourth-order valence-electron chi connectivity index (χ4n) is 4.51. The zero-order valence-electron chi connectivity index (χ0n) is 21.6. The summed E-state index contributed by atoms with van der Waals surface area (Å²) in [6.45, 7) is 9.81. The van der Waals surface area contributed by atoms with Crippen LogP contribution >= 0.6 is 22.9 Å². The number of aryl methyl sites for hydroxylation is 2. The Kier molecular flexibility index (Phi) is 6.56. The molecule has 0 saturated carbocycles. The fraction of sp³-hybridized carbons (Fsp3) is 0.276. The first kappa shape index (κ1) is 25.4. The maximum atomic E-state index is 13.1. The molecule has 2 aromatic carbocycles. The Balaban J connectivity index is 1.79. The van der Waals surface area contributed by atoms with Crippen molar-refractivity contribution in [2.24, 2.45) is 0 Å². The Hall–Kier alpha value is -3.26. The summed E-state index contributed by atoms with van der Waals surface area (Å²) in [5, 5.41) is 2.55. The Labute approximate surface area is 224 Å². The highest BCUT2D eigenvalue weighted by molar-refractivity contribution is 7.22. The first-order valence-corrected chi connectivity index (χ1v) is 13.1. The standard InChI is InChI=1S/C29H28ClN3O3S/c1-15-11-21-25(37-27(33-21)18-12-20-16(2)13-31-26(20)32-14-18)23(17-7-9-19(30)10-8-17)22(15)24(28(34)35-6)36-29(3,4)5/h7-14,24H,1-6H3,(H,31,32). The Morgan fingerprint density at radius 3 is 2.49 bits per heavy atom. The number of carbonyl (C=O) groups excluding carboxylic acids is 1. The fourth-order valence-corrected chi connectivity index (χ4v) is 5.74. The number of hydrogen-bond donors (Lipinski definition) is 1. The van der Waals surface area contributed by atoms with Crippen LogP contribution in [-0.4, -0.2) is 33.6 Å². The second-order valence-electron chi connectivity index (χ2n) is 10.1. The molecule has 37 heavy (non-hydrogen) atoms. The molecule has 3 heterocycles. The monoisotopic (exact) mass is 533 g/mol. The zero-order valence-corrected chi connectivity index (χ0v) is 23.2. The third-order valence-electron chi connectivity index (χ3n) is 6.19. The maximum Gasteiger partial charge on any atom is 0.339 e. The maximum absolute atomic E-state index is 13.1. The van der Waals surface area contributed by atoms with Crippen molar-refractivity contribution >= 4 is 50.2 Å². The van der Waals surface area contributed by atoms with Crippen molar-refractivity contribution in [3.05, 3.63) is 70.5 Å². The number of fused-ring (bicyclic) bond motifs is 2. The summed E-state index contributed by atoms with van der Waals surface area (Å²) in [5.41, 5.74) is 6.65. The van der Waals surface area contributed by atoms with Crippen LogP contribution in [0.1, 0.15) is 43.6 Å². The quantitative estimate of drug-likeness (QED) is 0.233. The van der Waals surface area contributed by atoms with E-state index in [2.05, 4.69) is 23.0 Å². The van der Waals surface area contributed by atoms with Gasteiger partial charge >= 0.3 is 5.97 Å². The van der Waals surface area contributed by atoms with E-state index in [-0.39, 0.29) is 0 Å². The van der Waals surface area contributed by atoms with Crippen molar-refractivity contribution in [1.29, 1.82) is 0 Å². The lowest BCUT2D eigenvalue weighted by molar-refractivity contribution is -0.164. The molecule has 6 nitrogen and oxygen atoms in total. The Bertz CT molecular complexity index is 1630. The molecule has 0 amide bonds. The molecule has 0 aliphatic heterocycles. The topological polar surface area (TPSA) is 77.1 Å². The lowest BCUT2D eigenvalue weighted by Crippen LogP contribution is -2.29. The van der Waals surface area contributed by atoms with Crippen molar-refractivity contribution in [3.63, 3.8) is 0 Å². The molecule has 0 spiro atoms. The van der Waals surface area contributed by atoms with E-state index in [1.807, 2.05) is 70.4 Å². The van der Waals surface area contributed by atoms with Gasteiger partial charge in [-0.3, -0.25) is 0 Å². The lowest BCUT2D eigenvalue weighted by atomic mass is 9.91. The number of ether oxygens (including phenoxy) is 2. The van der Waals surface area contributed by atoms with Gasteiger partial charge in [0.05, 0.1) is 22.9 Å². The molecule has 0 saturated heterocycles. The van der Waals surface area contributed by atoms with Gasteiger partial charge < -0.3 is 14.5 Å². The second-order valence-corrected chi connectivity index (χ2v) is 11.5. The number of aromatic nitrogens is 3. The highest BCUT2D eigenvalue weighted by Crippen LogP contribution is 2.44. The third kappa shape index (κ3) is 4.87. The number of aromatic amines is 1. The summed E-state index contributed by atoms with van der Waals surface area (Å²) in [7, 11) is 1.38. The van der Waals surface area contributed by atoms with Crippen LogP contribution in [0.25, 0.3) is 42.9 Å². The SMILES string of the molecule is COC(=O)C(OC(C)(C)C)c1c(C)cc2nc(-c3cnc4[nH]cc(C)c4c3)sc2c1-c1ccc(Cl)cc1. The number of nitrogens with one attached hydrogen (secondary N) is 1. The minimum absolute atomic E-state index is 0.449. The summed E-state index contributed by atoms with van der Waals surface area (Å²) < 4.78 is 12.5. The predicted octanol–water partition coefficient (Wildman–Crippen LogP) is 7.81. The van der Waals surface area contributed by atoms with Gasteiger partial charge in [0.15, 0.2) is 6.10 Å². The van der Waals surface area contributed by atoms with E-state index < -0.39 is 17.7 Å². The van der Waals surface area contributed by atoms with E-state index in [1.54, 1.807) is 11.3 Å². The van der Waals surface area contributed by atoms with Crippen molar-refractivity contribution in [2.75, 3.05) is 7.11 Å². The Morgan fingerprint density at radius 1 is 1.08 bits per heavy atom. The summed E-state index contributed by atoms with van der Waals surface area (Å²) in [6, 6.07) is 11.7. The number of H-pyrrole nitrogens is 1. The first-order valence-electron chi connectivity index (χ1n) is 12.0. The highest BCUT2D eigenvalue weighted by Gasteiger charge is 2.33. The van der Waals surface area contributed by atoms with Gasteiger partial charge in [0.25, 0.3) is 0 Å². The van der Waals surface area contributed by atoms with Crippen LogP contribution in [0.4, 0.5) is 0 Å². The number of hydrogen-bond acceptors (Lipinski definition) is 6. The van der Waals surface area contributed by atoms with E-state index in [0.29, 0.717) is 5.02 Å². The molecule has 190 valence electrons. The van der Waals surface area contributed by atoms with E-state index in [9.17, 15) is 4.79 Å². The van der Waals surface area contributed by atoms with Gasteiger partial charge in [0.1, 0.15) is 10.7 Å². The summed E-state index contributed by atoms with van der Waals surface area (Å²) in [6.07, 6.45) is 2.88. The highest BCUT2D eigenvalue weighted by atomic mass is 35.5. The van der Waals surface area contributed by atoms with E-state index in [4.69, 9.17) is 26.1 Å². The van der Waals surface area contributed by atoms with Crippen LogP contribution in [-0.2, 0) is 14.3 Å². The molecule has 5 aromatic rings. The molecular weight excluding hydrogens is 506 g/mol. The molecular formula is C29H28ClN3O3S. The lowest BCUT2D eigenvalue weighted by Gasteiger charge is -2.28. The van der Waals surface area contributed by atoms with Gasteiger partial charge in [-0.05, 0) is 75.6 Å². The minimum atomic E-state index is -0.911. The van der Waals surface area contributed by atoms with Crippen LogP contribution in [0.2, 0.25) is 5.02 Å². The van der Waals surface area contributed by atoms with Crippen LogP contribution in [0.3, 0.4) is 0 Å². The minimum Gasteiger partial charge on any atom is -0.467 e. The van der Waals surface area contributed by atoms with Gasteiger partial charge in [0, 0.05) is 39.5 Å². The number of rotatable bonds is 5. The number of methoxy groups -OCH3 is 1. The van der Waals surface area contributed by atoms with Gasteiger partial charge in [0.2, 0.25) is 0 Å². The number of benzene rings is 2. The molecule has 0 fully saturated rings. The molecule has 1 unspecified atom stereocenters. The summed E-state index contributed by atoms with van der Waals surface area (Å²) in [4.78, 5) is 25.9. The molecule has 1 atom stereocenters. The average Bonchev–Trinajstić information content (AvgIpc) is 3.44. The molecule has 0 aliphatic carbocycles. The molecule has 0 aliphatic rings. The molecule has 5 rings (SSSR count). The van der Waals surface area contributed by atoms with E-state index in [0.717, 1.165) is 59.6 Å². The molecule has 8 heteroatoms.